The molecule has 1 saturated heterocycles. The van der Waals surface area contributed by atoms with E-state index in [1.165, 1.54) is 32.2 Å². The van der Waals surface area contributed by atoms with E-state index in [1.807, 2.05) is 18.2 Å². The van der Waals surface area contributed by atoms with Gasteiger partial charge in [0, 0.05) is 12.1 Å². The van der Waals surface area contributed by atoms with Crippen molar-refractivity contribution < 1.29 is 4.74 Å². The van der Waals surface area contributed by atoms with Crippen molar-refractivity contribution >= 4 is 15.9 Å². The Labute approximate surface area is 111 Å². The maximum Gasteiger partial charge on any atom is 0.214 e. The highest BCUT2D eigenvalue weighted by molar-refractivity contribution is 9.10. The Morgan fingerprint density at radius 2 is 2.35 bits per heavy atom. The lowest BCUT2D eigenvalue weighted by Gasteiger charge is -2.23. The molecule has 94 valence electrons. The molecule has 2 rings (SSSR count). The fraction of sp³-hybridized carbons (Fsp3) is 0.615. The van der Waals surface area contributed by atoms with Crippen molar-refractivity contribution in [1.29, 1.82) is 0 Å². The molecule has 3 nitrogen and oxygen atoms in total. The van der Waals surface area contributed by atoms with E-state index in [4.69, 9.17) is 4.74 Å². The lowest BCUT2D eigenvalue weighted by atomic mass is 10.0. The van der Waals surface area contributed by atoms with Crippen molar-refractivity contribution in [3.8, 4) is 5.88 Å². The summed E-state index contributed by atoms with van der Waals surface area (Å²) in [6.45, 7) is 1.93. The predicted octanol–water partition coefficient (Wildman–Crippen LogP) is 3.15. The molecule has 17 heavy (non-hydrogen) atoms. The Morgan fingerprint density at radius 1 is 1.41 bits per heavy atom. The average Bonchev–Trinajstić information content (AvgIpc) is 2.36. The lowest BCUT2D eigenvalue weighted by molar-refractivity contribution is 0.276. The molecule has 1 fully saturated rings. The predicted molar refractivity (Wildman–Crippen MR) is 72.3 cm³/mol. The highest BCUT2D eigenvalue weighted by Crippen LogP contribution is 2.14. The molecule has 1 aliphatic rings. The highest BCUT2D eigenvalue weighted by Gasteiger charge is 2.11. The number of nitrogens with one attached hydrogen (secondary N) is 1. The van der Waals surface area contributed by atoms with E-state index in [2.05, 4.69) is 26.2 Å². The summed E-state index contributed by atoms with van der Waals surface area (Å²) < 4.78 is 6.43. The maximum atomic E-state index is 5.61. The minimum Gasteiger partial charge on any atom is -0.478 e. The number of aromatic nitrogens is 1. The summed E-state index contributed by atoms with van der Waals surface area (Å²) in [7, 11) is 0. The zero-order chi connectivity index (χ0) is 11.9. The van der Waals surface area contributed by atoms with Gasteiger partial charge in [0.25, 0.3) is 0 Å². The normalized spacial score (nSPS) is 20.2. The van der Waals surface area contributed by atoms with Gasteiger partial charge in [-0.2, -0.15) is 0 Å². The maximum absolute atomic E-state index is 5.61. The van der Waals surface area contributed by atoms with Gasteiger partial charge in [-0.3, -0.25) is 0 Å². The molecule has 4 heteroatoms. The van der Waals surface area contributed by atoms with Gasteiger partial charge in [-0.1, -0.05) is 12.5 Å². The van der Waals surface area contributed by atoms with Crippen LogP contribution >= 0.6 is 15.9 Å². The van der Waals surface area contributed by atoms with Crippen LogP contribution in [0.1, 0.15) is 32.1 Å². The topological polar surface area (TPSA) is 34.1 Å². The second-order valence-electron chi connectivity index (χ2n) is 4.44. The van der Waals surface area contributed by atoms with E-state index >= 15 is 0 Å². The third-order valence-corrected chi connectivity index (χ3v) is 3.49. The monoisotopic (exact) mass is 298 g/mol. The van der Waals surface area contributed by atoms with E-state index in [0.717, 1.165) is 17.6 Å². The first kappa shape index (κ1) is 12.8. The van der Waals surface area contributed by atoms with Gasteiger partial charge in [-0.15, -0.1) is 0 Å². The number of pyridine rings is 1. The molecule has 1 aromatic heterocycles. The van der Waals surface area contributed by atoms with Crippen LogP contribution in [0.2, 0.25) is 0 Å². The Morgan fingerprint density at radius 3 is 3.12 bits per heavy atom. The van der Waals surface area contributed by atoms with Crippen LogP contribution in [0.3, 0.4) is 0 Å². The molecule has 1 aromatic rings. The average molecular weight is 299 g/mol. The number of piperidine rings is 1. The number of nitrogens with zero attached hydrogens (tertiary/aromatic N) is 1. The molecule has 0 spiro atoms. The van der Waals surface area contributed by atoms with Crippen LogP contribution in [-0.2, 0) is 0 Å². The third kappa shape index (κ3) is 4.64. The Hall–Kier alpha value is -0.610. The highest BCUT2D eigenvalue weighted by atomic mass is 79.9. The summed E-state index contributed by atoms with van der Waals surface area (Å²) in [5, 5.41) is 3.55. The second kappa shape index (κ2) is 6.97. The summed E-state index contributed by atoms with van der Waals surface area (Å²) in [5.74, 6) is 0.705. The summed E-state index contributed by atoms with van der Waals surface area (Å²) in [5.41, 5.74) is 0. The number of halogens is 1. The summed E-state index contributed by atoms with van der Waals surface area (Å²) in [6.07, 6.45) is 6.30. The van der Waals surface area contributed by atoms with Crippen molar-refractivity contribution in [2.75, 3.05) is 13.2 Å². The summed E-state index contributed by atoms with van der Waals surface area (Å²) in [6, 6.07) is 6.43. The van der Waals surface area contributed by atoms with E-state index < -0.39 is 0 Å². The molecule has 0 aromatic carbocycles. The third-order valence-electron chi connectivity index (χ3n) is 3.05. The molecule has 2 heterocycles. The van der Waals surface area contributed by atoms with Gasteiger partial charge < -0.3 is 10.1 Å². The smallest absolute Gasteiger partial charge is 0.214 e. The molecular weight excluding hydrogens is 280 g/mol. The molecule has 0 aliphatic carbocycles. The second-order valence-corrected chi connectivity index (χ2v) is 5.25. The molecule has 0 saturated carbocycles. The van der Waals surface area contributed by atoms with E-state index in [-0.39, 0.29) is 0 Å². The molecule has 0 radical (unpaired) electrons. The van der Waals surface area contributed by atoms with Crippen LogP contribution in [0, 0.1) is 0 Å². The van der Waals surface area contributed by atoms with Crippen LogP contribution in [0.25, 0.3) is 0 Å². The number of ether oxygens (including phenoxy) is 1. The van der Waals surface area contributed by atoms with Gasteiger partial charge in [0.1, 0.15) is 4.60 Å². The molecule has 1 N–H and O–H groups in total. The van der Waals surface area contributed by atoms with E-state index in [1.54, 1.807) is 0 Å². The summed E-state index contributed by atoms with van der Waals surface area (Å²) in [4.78, 5) is 4.24. The first-order valence-corrected chi connectivity index (χ1v) is 7.12. The lowest BCUT2D eigenvalue weighted by Crippen LogP contribution is -2.34. The largest absolute Gasteiger partial charge is 0.478 e. The molecular formula is C13H19BrN2O. The van der Waals surface area contributed by atoms with Crippen molar-refractivity contribution in [2.45, 2.75) is 38.1 Å². The summed E-state index contributed by atoms with van der Waals surface area (Å²) >= 11 is 3.33. The minimum absolute atomic E-state index is 0.697. The minimum atomic E-state index is 0.697. The van der Waals surface area contributed by atoms with Crippen molar-refractivity contribution in [3.05, 3.63) is 22.8 Å². The van der Waals surface area contributed by atoms with Gasteiger partial charge in [0.05, 0.1) is 6.61 Å². The zero-order valence-electron chi connectivity index (χ0n) is 9.99. The van der Waals surface area contributed by atoms with Crippen LogP contribution in [0.15, 0.2) is 22.8 Å². The standard InChI is InChI=1S/C13H19BrN2O/c14-12-7-3-8-13(16-12)17-10-4-6-11-5-1-2-9-15-11/h3,7-8,11,15H,1-2,4-6,9-10H2/t11-/m1/s1. The van der Waals surface area contributed by atoms with Gasteiger partial charge in [-0.05, 0) is 54.2 Å². The Bertz CT molecular complexity index is 340. The quantitative estimate of drug-likeness (QED) is 0.670. The van der Waals surface area contributed by atoms with Gasteiger partial charge in [-0.25, -0.2) is 4.98 Å². The van der Waals surface area contributed by atoms with Crippen LogP contribution < -0.4 is 10.1 Å². The van der Waals surface area contributed by atoms with Gasteiger partial charge >= 0.3 is 0 Å². The first-order valence-electron chi connectivity index (χ1n) is 6.33. The van der Waals surface area contributed by atoms with Crippen LogP contribution in [-0.4, -0.2) is 24.2 Å². The number of hydrogen-bond donors (Lipinski definition) is 1. The number of hydrogen-bond acceptors (Lipinski definition) is 3. The first-order chi connectivity index (χ1) is 8.34. The van der Waals surface area contributed by atoms with Crippen molar-refractivity contribution in [3.63, 3.8) is 0 Å². The molecule has 0 amide bonds. The van der Waals surface area contributed by atoms with Crippen LogP contribution in [0.4, 0.5) is 0 Å². The van der Waals surface area contributed by atoms with Crippen molar-refractivity contribution in [1.82, 2.24) is 10.3 Å². The Kier molecular flexibility index (Phi) is 5.26. The van der Waals surface area contributed by atoms with Crippen molar-refractivity contribution in [2.24, 2.45) is 0 Å². The molecule has 1 aliphatic heterocycles. The van der Waals surface area contributed by atoms with Crippen LogP contribution in [0.5, 0.6) is 5.88 Å². The molecule has 1 atom stereocenters. The zero-order valence-corrected chi connectivity index (χ0v) is 11.6. The number of rotatable bonds is 5. The SMILES string of the molecule is Brc1cccc(OCCC[C@H]2CCCCN2)n1. The van der Waals surface area contributed by atoms with E-state index in [9.17, 15) is 0 Å². The fourth-order valence-corrected chi connectivity index (χ4v) is 2.47. The molecule has 0 bridgehead atoms. The van der Waals surface area contributed by atoms with Gasteiger partial charge in [0.2, 0.25) is 5.88 Å². The van der Waals surface area contributed by atoms with Gasteiger partial charge in [0.15, 0.2) is 0 Å². The fourth-order valence-electron chi connectivity index (χ4n) is 2.15. The van der Waals surface area contributed by atoms with E-state index in [0.29, 0.717) is 11.9 Å². The Balaban J connectivity index is 1.62. The molecule has 0 unspecified atom stereocenters.